The van der Waals surface area contributed by atoms with Gasteiger partial charge in [0.05, 0.1) is 17.9 Å². The summed E-state index contributed by atoms with van der Waals surface area (Å²) in [5, 5.41) is 3.13. The number of carbonyl (C=O) groups excluding carboxylic acids is 1. The van der Waals surface area contributed by atoms with Crippen molar-refractivity contribution in [2.24, 2.45) is 0 Å². The van der Waals surface area contributed by atoms with Gasteiger partial charge in [0.25, 0.3) is 0 Å². The van der Waals surface area contributed by atoms with E-state index in [9.17, 15) is 4.79 Å². The smallest absolute Gasteiger partial charge is 0.222 e. The Morgan fingerprint density at radius 1 is 1.33 bits per heavy atom. The van der Waals surface area contributed by atoms with E-state index in [1.54, 1.807) is 0 Å². The van der Waals surface area contributed by atoms with Gasteiger partial charge in [-0.1, -0.05) is 0 Å². The lowest BCUT2D eigenvalue weighted by molar-refractivity contribution is -0.123. The molecule has 0 spiro atoms. The summed E-state index contributed by atoms with van der Waals surface area (Å²) in [7, 11) is 0. The van der Waals surface area contributed by atoms with Crippen LogP contribution < -0.4 is 5.32 Å². The average molecular weight is 232 g/mol. The number of carbonyl (C=O) groups is 1. The molecule has 1 saturated heterocycles. The second-order valence-corrected chi connectivity index (χ2v) is 5.02. The molecule has 0 bridgehead atoms. The summed E-state index contributed by atoms with van der Waals surface area (Å²) in [6.07, 6.45) is 5.90. The zero-order valence-electron chi connectivity index (χ0n) is 8.88. The van der Waals surface area contributed by atoms with E-state index < -0.39 is 0 Å². The third-order valence-electron chi connectivity index (χ3n) is 3.22. The molecular formula is C11H18ClNO2. The van der Waals surface area contributed by atoms with Crippen LogP contribution in [0.5, 0.6) is 0 Å². The summed E-state index contributed by atoms with van der Waals surface area (Å²) in [5.74, 6) is 0.0967. The molecule has 3 unspecified atom stereocenters. The maximum atomic E-state index is 11.7. The molecule has 2 rings (SSSR count). The lowest BCUT2D eigenvalue weighted by atomic mass is 10.1. The van der Waals surface area contributed by atoms with Crippen molar-refractivity contribution in [3.63, 3.8) is 0 Å². The molecule has 2 fully saturated rings. The van der Waals surface area contributed by atoms with Crippen LogP contribution in [0.3, 0.4) is 0 Å². The van der Waals surface area contributed by atoms with Gasteiger partial charge in [-0.25, -0.2) is 0 Å². The molecule has 1 N–H and O–H groups in total. The van der Waals surface area contributed by atoms with Crippen molar-refractivity contribution < 1.29 is 9.53 Å². The van der Waals surface area contributed by atoms with Gasteiger partial charge in [0, 0.05) is 12.6 Å². The number of nitrogens with one attached hydrogen (secondary N) is 1. The highest BCUT2D eigenvalue weighted by Gasteiger charge is 2.27. The fourth-order valence-corrected chi connectivity index (χ4v) is 2.70. The Hall–Kier alpha value is -0.280. The van der Waals surface area contributed by atoms with Crippen LogP contribution in [0.1, 0.15) is 38.5 Å². The number of rotatable bonds is 3. The third-order valence-corrected chi connectivity index (χ3v) is 3.74. The molecule has 0 aromatic heterocycles. The minimum absolute atomic E-state index is 0.0967. The maximum absolute atomic E-state index is 11.7. The van der Waals surface area contributed by atoms with Crippen molar-refractivity contribution in [2.75, 3.05) is 6.61 Å². The number of halogens is 1. The summed E-state index contributed by atoms with van der Waals surface area (Å²) < 4.78 is 5.42. The first-order chi connectivity index (χ1) is 7.25. The lowest BCUT2D eigenvalue weighted by Crippen LogP contribution is -2.39. The monoisotopic (exact) mass is 231 g/mol. The molecular weight excluding hydrogens is 214 g/mol. The van der Waals surface area contributed by atoms with Crippen molar-refractivity contribution in [2.45, 2.75) is 56.0 Å². The van der Waals surface area contributed by atoms with Gasteiger partial charge in [0.2, 0.25) is 5.91 Å². The first-order valence-corrected chi connectivity index (χ1v) is 6.24. The summed E-state index contributed by atoms with van der Waals surface area (Å²) >= 11 is 6.09. The summed E-state index contributed by atoms with van der Waals surface area (Å²) in [4.78, 5) is 11.7. The second-order valence-electron chi connectivity index (χ2n) is 4.46. The average Bonchev–Trinajstić information content (AvgIpc) is 2.79. The number of hydrogen-bond donors (Lipinski definition) is 1. The van der Waals surface area contributed by atoms with E-state index in [1.165, 1.54) is 0 Å². The number of ether oxygens (including phenoxy) is 1. The maximum Gasteiger partial charge on any atom is 0.222 e. The molecule has 1 saturated carbocycles. The molecule has 0 aromatic carbocycles. The molecule has 0 aromatic rings. The SMILES string of the molecule is O=C(CC1CCCO1)NC1CCCC1Cl. The molecule has 2 aliphatic rings. The van der Waals surface area contributed by atoms with Gasteiger partial charge >= 0.3 is 0 Å². The number of amides is 1. The quantitative estimate of drug-likeness (QED) is 0.753. The predicted octanol–water partition coefficient (Wildman–Crippen LogP) is 1.83. The zero-order valence-corrected chi connectivity index (χ0v) is 9.63. The second kappa shape index (κ2) is 5.17. The Morgan fingerprint density at radius 2 is 2.20 bits per heavy atom. The predicted molar refractivity (Wildman–Crippen MR) is 59.0 cm³/mol. The van der Waals surface area contributed by atoms with E-state index in [0.717, 1.165) is 38.7 Å². The molecule has 4 heteroatoms. The van der Waals surface area contributed by atoms with Crippen molar-refractivity contribution in [1.29, 1.82) is 0 Å². The molecule has 1 aliphatic carbocycles. The Morgan fingerprint density at radius 3 is 2.80 bits per heavy atom. The van der Waals surface area contributed by atoms with Crippen LogP contribution in [-0.2, 0) is 9.53 Å². The molecule has 1 amide bonds. The van der Waals surface area contributed by atoms with Crippen molar-refractivity contribution >= 4 is 17.5 Å². The van der Waals surface area contributed by atoms with E-state index in [1.807, 2.05) is 0 Å². The Bertz CT molecular complexity index is 229. The van der Waals surface area contributed by atoms with Crippen molar-refractivity contribution in [3.05, 3.63) is 0 Å². The van der Waals surface area contributed by atoms with Gasteiger partial charge in [0.1, 0.15) is 0 Å². The van der Waals surface area contributed by atoms with E-state index in [2.05, 4.69) is 5.32 Å². The fourth-order valence-electron chi connectivity index (χ4n) is 2.36. The molecule has 3 atom stereocenters. The normalized spacial score (nSPS) is 35.7. The minimum atomic E-state index is 0.0967. The topological polar surface area (TPSA) is 38.3 Å². The highest BCUT2D eigenvalue weighted by molar-refractivity contribution is 6.21. The standard InChI is InChI=1S/C11H18ClNO2/c12-9-4-1-5-10(9)13-11(14)7-8-3-2-6-15-8/h8-10H,1-7H2,(H,13,14). The summed E-state index contributed by atoms with van der Waals surface area (Å²) in [6, 6.07) is 0.181. The van der Waals surface area contributed by atoms with E-state index >= 15 is 0 Å². The highest BCUT2D eigenvalue weighted by Crippen LogP contribution is 2.24. The summed E-state index contributed by atoms with van der Waals surface area (Å²) in [5.41, 5.74) is 0. The van der Waals surface area contributed by atoms with E-state index in [-0.39, 0.29) is 23.4 Å². The largest absolute Gasteiger partial charge is 0.378 e. The van der Waals surface area contributed by atoms with Gasteiger partial charge in [-0.15, -0.1) is 11.6 Å². The van der Waals surface area contributed by atoms with Crippen LogP contribution in [0.2, 0.25) is 0 Å². The molecule has 86 valence electrons. The van der Waals surface area contributed by atoms with Crippen LogP contribution >= 0.6 is 11.6 Å². The van der Waals surface area contributed by atoms with Gasteiger partial charge in [-0.2, -0.15) is 0 Å². The third kappa shape index (κ3) is 3.08. The van der Waals surface area contributed by atoms with E-state index in [4.69, 9.17) is 16.3 Å². The van der Waals surface area contributed by atoms with Crippen LogP contribution in [-0.4, -0.2) is 30.0 Å². The lowest BCUT2D eigenvalue weighted by Gasteiger charge is -2.17. The van der Waals surface area contributed by atoms with Gasteiger partial charge < -0.3 is 10.1 Å². The van der Waals surface area contributed by atoms with Crippen molar-refractivity contribution in [1.82, 2.24) is 5.32 Å². The number of alkyl halides is 1. The van der Waals surface area contributed by atoms with Crippen LogP contribution in [0.4, 0.5) is 0 Å². The molecule has 0 radical (unpaired) electrons. The van der Waals surface area contributed by atoms with Crippen LogP contribution in [0.15, 0.2) is 0 Å². The Kier molecular flexibility index (Phi) is 3.87. The summed E-state index contributed by atoms with van der Waals surface area (Å²) in [6.45, 7) is 0.805. The van der Waals surface area contributed by atoms with Gasteiger partial charge in [-0.05, 0) is 32.1 Å². The first-order valence-electron chi connectivity index (χ1n) is 5.81. The fraction of sp³-hybridized carbons (Fsp3) is 0.909. The molecule has 15 heavy (non-hydrogen) atoms. The first kappa shape index (κ1) is 11.2. The molecule has 1 heterocycles. The minimum Gasteiger partial charge on any atom is -0.378 e. The van der Waals surface area contributed by atoms with E-state index in [0.29, 0.717) is 6.42 Å². The highest BCUT2D eigenvalue weighted by atomic mass is 35.5. The molecule has 3 nitrogen and oxygen atoms in total. The molecule has 1 aliphatic heterocycles. The van der Waals surface area contributed by atoms with Crippen LogP contribution in [0, 0.1) is 0 Å². The van der Waals surface area contributed by atoms with Gasteiger partial charge in [-0.3, -0.25) is 4.79 Å². The van der Waals surface area contributed by atoms with Crippen LogP contribution in [0.25, 0.3) is 0 Å². The van der Waals surface area contributed by atoms with Gasteiger partial charge in [0.15, 0.2) is 0 Å². The Balaban J connectivity index is 1.71. The number of hydrogen-bond acceptors (Lipinski definition) is 2. The van der Waals surface area contributed by atoms with Crippen molar-refractivity contribution in [3.8, 4) is 0 Å². The zero-order chi connectivity index (χ0) is 10.7. The Labute approximate surface area is 95.5 Å².